The molecule has 0 atom stereocenters. The van der Waals surface area contributed by atoms with Gasteiger partial charge in [-0.15, -0.1) is 24.8 Å². The van der Waals surface area contributed by atoms with Gasteiger partial charge in [0.1, 0.15) is 5.65 Å². The SMILES string of the molecule is Cl.Cl.O=C(c1ccc2nccn2c1)N1CCCNCC1. The number of rotatable bonds is 1. The number of aromatic nitrogens is 2. The summed E-state index contributed by atoms with van der Waals surface area (Å²) in [5.41, 5.74) is 1.59. The fourth-order valence-electron chi connectivity index (χ4n) is 2.28. The summed E-state index contributed by atoms with van der Waals surface area (Å²) < 4.78 is 1.88. The Morgan fingerprint density at radius 3 is 2.90 bits per heavy atom. The minimum absolute atomic E-state index is 0. The largest absolute Gasteiger partial charge is 0.337 e. The van der Waals surface area contributed by atoms with E-state index in [9.17, 15) is 4.79 Å². The van der Waals surface area contributed by atoms with Crippen molar-refractivity contribution in [3.05, 3.63) is 36.3 Å². The number of nitrogens with one attached hydrogen (secondary N) is 1. The van der Waals surface area contributed by atoms with E-state index in [1.807, 2.05) is 33.8 Å². The fourth-order valence-corrected chi connectivity index (χ4v) is 2.28. The van der Waals surface area contributed by atoms with Gasteiger partial charge in [-0.1, -0.05) is 0 Å². The predicted molar refractivity (Wildman–Crippen MR) is 83.1 cm³/mol. The number of pyridine rings is 1. The Morgan fingerprint density at radius 2 is 2.05 bits per heavy atom. The number of hydrogen-bond donors (Lipinski definition) is 1. The van der Waals surface area contributed by atoms with Crippen molar-refractivity contribution < 1.29 is 4.79 Å². The first-order valence-corrected chi connectivity index (χ1v) is 6.27. The van der Waals surface area contributed by atoms with E-state index in [0.717, 1.165) is 43.8 Å². The highest BCUT2D eigenvalue weighted by Gasteiger charge is 2.17. The Balaban J connectivity index is 0.000001000. The average molecular weight is 317 g/mol. The van der Waals surface area contributed by atoms with Crippen molar-refractivity contribution in [3.8, 4) is 0 Å². The molecule has 1 N–H and O–H groups in total. The fraction of sp³-hybridized carbons (Fsp3) is 0.385. The van der Waals surface area contributed by atoms with Gasteiger partial charge in [0, 0.05) is 38.2 Å². The van der Waals surface area contributed by atoms with Crippen LogP contribution in [0.2, 0.25) is 0 Å². The van der Waals surface area contributed by atoms with Gasteiger partial charge in [0.2, 0.25) is 0 Å². The zero-order valence-electron chi connectivity index (χ0n) is 11.0. The molecule has 0 aromatic carbocycles. The van der Waals surface area contributed by atoms with Crippen LogP contribution in [0.15, 0.2) is 30.7 Å². The van der Waals surface area contributed by atoms with Crippen LogP contribution in [0.1, 0.15) is 16.8 Å². The first kappa shape index (κ1) is 16.8. The summed E-state index contributed by atoms with van der Waals surface area (Å²) in [5, 5.41) is 3.30. The smallest absolute Gasteiger partial charge is 0.255 e. The van der Waals surface area contributed by atoms with Gasteiger partial charge in [-0.25, -0.2) is 4.98 Å². The summed E-state index contributed by atoms with van der Waals surface area (Å²) >= 11 is 0. The number of amides is 1. The summed E-state index contributed by atoms with van der Waals surface area (Å²) in [4.78, 5) is 18.5. The highest BCUT2D eigenvalue weighted by molar-refractivity contribution is 5.94. The Kier molecular flexibility index (Phi) is 6.26. The standard InChI is InChI=1S/C13H16N4O.2ClH/c18-13(16-7-1-4-14-5-8-16)11-2-3-12-15-6-9-17(12)10-11;;/h2-3,6,9-10,14H,1,4-5,7-8H2;2*1H. The van der Waals surface area contributed by atoms with Crippen molar-refractivity contribution in [2.45, 2.75) is 6.42 Å². The molecule has 0 radical (unpaired) electrons. The highest BCUT2D eigenvalue weighted by Crippen LogP contribution is 2.09. The van der Waals surface area contributed by atoms with E-state index in [1.54, 1.807) is 6.20 Å². The van der Waals surface area contributed by atoms with Crippen molar-refractivity contribution in [1.82, 2.24) is 19.6 Å². The number of hydrogen-bond acceptors (Lipinski definition) is 3. The molecule has 3 heterocycles. The number of halogens is 2. The summed E-state index contributed by atoms with van der Waals surface area (Å²) in [6, 6.07) is 3.73. The lowest BCUT2D eigenvalue weighted by atomic mass is 10.2. The Hall–Kier alpha value is -1.30. The first-order valence-electron chi connectivity index (χ1n) is 6.27. The average Bonchev–Trinajstić information content (AvgIpc) is 2.69. The molecular weight excluding hydrogens is 299 g/mol. The lowest BCUT2D eigenvalue weighted by Gasteiger charge is -2.19. The molecule has 0 bridgehead atoms. The molecule has 3 rings (SSSR count). The predicted octanol–water partition coefficient (Wildman–Crippen LogP) is 1.61. The second-order valence-electron chi connectivity index (χ2n) is 4.51. The maximum atomic E-state index is 12.4. The van der Waals surface area contributed by atoms with Gasteiger partial charge < -0.3 is 14.6 Å². The second-order valence-corrected chi connectivity index (χ2v) is 4.51. The van der Waals surface area contributed by atoms with E-state index in [0.29, 0.717) is 0 Å². The zero-order chi connectivity index (χ0) is 12.4. The maximum Gasteiger partial charge on any atom is 0.255 e. The molecule has 2 aromatic heterocycles. The zero-order valence-corrected chi connectivity index (χ0v) is 12.6. The van der Waals surface area contributed by atoms with Gasteiger partial charge in [-0.2, -0.15) is 0 Å². The molecule has 110 valence electrons. The molecule has 1 aliphatic rings. The molecule has 0 unspecified atom stereocenters. The van der Waals surface area contributed by atoms with E-state index < -0.39 is 0 Å². The van der Waals surface area contributed by atoms with Crippen molar-refractivity contribution in [2.24, 2.45) is 0 Å². The normalized spacial score (nSPS) is 15.1. The van der Waals surface area contributed by atoms with Crippen LogP contribution in [0, 0.1) is 0 Å². The number of fused-ring (bicyclic) bond motifs is 1. The summed E-state index contributed by atoms with van der Waals surface area (Å²) in [6.07, 6.45) is 6.46. The highest BCUT2D eigenvalue weighted by atomic mass is 35.5. The molecule has 5 nitrogen and oxygen atoms in total. The van der Waals surface area contributed by atoms with Gasteiger partial charge in [0.15, 0.2) is 0 Å². The minimum Gasteiger partial charge on any atom is -0.337 e. The van der Waals surface area contributed by atoms with Gasteiger partial charge >= 0.3 is 0 Å². The third-order valence-corrected chi connectivity index (χ3v) is 3.26. The van der Waals surface area contributed by atoms with E-state index in [4.69, 9.17) is 0 Å². The molecule has 1 aliphatic heterocycles. The number of nitrogens with zero attached hydrogens (tertiary/aromatic N) is 3. The van der Waals surface area contributed by atoms with Crippen LogP contribution in [-0.2, 0) is 0 Å². The molecule has 0 aliphatic carbocycles. The van der Waals surface area contributed by atoms with Crippen LogP contribution in [-0.4, -0.2) is 46.4 Å². The Morgan fingerprint density at radius 1 is 1.20 bits per heavy atom. The van der Waals surface area contributed by atoms with Gasteiger partial charge in [0.05, 0.1) is 5.56 Å². The first-order chi connectivity index (χ1) is 8.84. The maximum absolute atomic E-state index is 12.4. The van der Waals surface area contributed by atoms with Crippen LogP contribution in [0.3, 0.4) is 0 Å². The molecular formula is C13H18Cl2N4O. The van der Waals surface area contributed by atoms with E-state index in [1.165, 1.54) is 0 Å². The van der Waals surface area contributed by atoms with Gasteiger partial charge in [-0.3, -0.25) is 4.79 Å². The monoisotopic (exact) mass is 316 g/mol. The topological polar surface area (TPSA) is 49.6 Å². The van der Waals surface area contributed by atoms with Crippen LogP contribution in [0.5, 0.6) is 0 Å². The summed E-state index contributed by atoms with van der Waals surface area (Å²) in [5.74, 6) is 0.106. The van der Waals surface area contributed by atoms with Crippen molar-refractivity contribution in [3.63, 3.8) is 0 Å². The van der Waals surface area contributed by atoms with Crippen LogP contribution < -0.4 is 5.32 Å². The molecule has 0 saturated carbocycles. The van der Waals surface area contributed by atoms with Crippen molar-refractivity contribution >= 4 is 36.4 Å². The van der Waals surface area contributed by atoms with Crippen molar-refractivity contribution in [1.29, 1.82) is 0 Å². The van der Waals surface area contributed by atoms with Gasteiger partial charge in [-0.05, 0) is 25.1 Å². The molecule has 1 fully saturated rings. The molecule has 2 aromatic rings. The molecule has 7 heteroatoms. The quantitative estimate of drug-likeness (QED) is 0.869. The number of carbonyl (C=O) groups is 1. The van der Waals surface area contributed by atoms with Crippen LogP contribution >= 0.6 is 24.8 Å². The van der Waals surface area contributed by atoms with E-state index >= 15 is 0 Å². The van der Waals surface area contributed by atoms with Crippen LogP contribution in [0.25, 0.3) is 5.65 Å². The molecule has 20 heavy (non-hydrogen) atoms. The lowest BCUT2D eigenvalue weighted by molar-refractivity contribution is 0.0766. The lowest BCUT2D eigenvalue weighted by Crippen LogP contribution is -2.34. The Bertz CT molecular complexity index is 564. The Labute approximate surface area is 130 Å². The second kappa shape index (κ2) is 7.47. The molecule has 0 spiro atoms. The van der Waals surface area contributed by atoms with Crippen LogP contribution in [0.4, 0.5) is 0 Å². The summed E-state index contributed by atoms with van der Waals surface area (Å²) in [6.45, 7) is 3.47. The molecule has 1 amide bonds. The van der Waals surface area contributed by atoms with E-state index in [-0.39, 0.29) is 30.7 Å². The third-order valence-electron chi connectivity index (χ3n) is 3.26. The molecule has 1 saturated heterocycles. The third kappa shape index (κ3) is 3.42. The van der Waals surface area contributed by atoms with Crippen molar-refractivity contribution in [2.75, 3.05) is 26.2 Å². The number of imidazole rings is 1. The minimum atomic E-state index is 0. The summed E-state index contributed by atoms with van der Waals surface area (Å²) in [7, 11) is 0. The number of carbonyl (C=O) groups excluding carboxylic acids is 1. The van der Waals surface area contributed by atoms with E-state index in [2.05, 4.69) is 10.3 Å². The van der Waals surface area contributed by atoms with Gasteiger partial charge in [0.25, 0.3) is 5.91 Å².